The van der Waals surface area contributed by atoms with E-state index in [1.54, 1.807) is 0 Å². The van der Waals surface area contributed by atoms with Gasteiger partial charge in [0, 0.05) is 12.8 Å². The lowest BCUT2D eigenvalue weighted by Crippen LogP contribution is -2.40. The summed E-state index contributed by atoms with van der Waals surface area (Å²) >= 11 is 0. The quantitative estimate of drug-likeness (QED) is 0.684. The summed E-state index contributed by atoms with van der Waals surface area (Å²) in [4.78, 5) is 11.1. The van der Waals surface area contributed by atoms with E-state index in [1.165, 1.54) is 19.8 Å². The van der Waals surface area contributed by atoms with E-state index in [0.717, 1.165) is 18.8 Å². The van der Waals surface area contributed by atoms with Crippen molar-refractivity contribution in [2.75, 3.05) is 0 Å². The van der Waals surface area contributed by atoms with E-state index >= 15 is 0 Å². The van der Waals surface area contributed by atoms with Gasteiger partial charge in [0.2, 0.25) is 0 Å². The minimum Gasteiger partial charge on any atom is -0.462 e. The topological polar surface area (TPSA) is 26.3 Å². The van der Waals surface area contributed by atoms with Gasteiger partial charge >= 0.3 is 5.97 Å². The van der Waals surface area contributed by atoms with E-state index in [4.69, 9.17) is 4.74 Å². The molecule has 0 N–H and O–H groups in total. The molecule has 3 atom stereocenters. The summed E-state index contributed by atoms with van der Waals surface area (Å²) in [6.45, 7) is 10.7. The van der Waals surface area contributed by atoms with Crippen molar-refractivity contribution < 1.29 is 9.53 Å². The second-order valence-electron chi connectivity index (χ2n) is 6.01. The lowest BCUT2D eigenvalue weighted by atomic mass is 9.66. The summed E-state index contributed by atoms with van der Waals surface area (Å²) in [6.07, 6.45) is 4.70. The fourth-order valence-electron chi connectivity index (χ4n) is 2.79. The molecule has 0 bridgehead atoms. The highest BCUT2D eigenvalue weighted by atomic mass is 16.5. The second kappa shape index (κ2) is 5.20. The van der Waals surface area contributed by atoms with Gasteiger partial charge in [0.25, 0.3) is 0 Å². The van der Waals surface area contributed by atoms with E-state index < -0.39 is 0 Å². The molecule has 0 saturated heterocycles. The van der Waals surface area contributed by atoms with Gasteiger partial charge in [0.15, 0.2) is 0 Å². The van der Waals surface area contributed by atoms with Crippen LogP contribution in [0.15, 0.2) is 0 Å². The van der Waals surface area contributed by atoms with Gasteiger partial charge in [-0.05, 0) is 30.6 Å². The maximum Gasteiger partial charge on any atom is 0.302 e. The van der Waals surface area contributed by atoms with Gasteiger partial charge in [-0.15, -0.1) is 0 Å². The third-order valence-corrected chi connectivity index (χ3v) is 4.28. The fourth-order valence-corrected chi connectivity index (χ4v) is 2.79. The van der Waals surface area contributed by atoms with Crippen LogP contribution < -0.4 is 0 Å². The zero-order chi connectivity index (χ0) is 12.3. The highest BCUT2D eigenvalue weighted by Gasteiger charge is 2.39. The summed E-state index contributed by atoms with van der Waals surface area (Å²) in [6, 6.07) is 0. The predicted octanol–water partition coefficient (Wildman–Crippen LogP) is 3.79. The molecule has 1 aliphatic carbocycles. The first kappa shape index (κ1) is 13.5. The smallest absolute Gasteiger partial charge is 0.302 e. The SMILES string of the molecule is CCC(C)(C)C1CC(C)CCC1OC(C)=O. The molecular weight excluding hydrogens is 200 g/mol. The number of carbonyl (C=O) groups excluding carboxylic acids is 1. The number of ether oxygens (including phenoxy) is 1. The molecule has 1 rings (SSSR count). The zero-order valence-electron chi connectivity index (χ0n) is 11.4. The van der Waals surface area contributed by atoms with Crippen LogP contribution in [0, 0.1) is 17.3 Å². The summed E-state index contributed by atoms with van der Waals surface area (Å²) in [5, 5.41) is 0. The Kier molecular flexibility index (Phi) is 4.40. The molecule has 0 amide bonds. The lowest BCUT2D eigenvalue weighted by molar-refractivity contribution is -0.155. The highest BCUT2D eigenvalue weighted by molar-refractivity contribution is 5.66. The molecule has 0 spiro atoms. The van der Waals surface area contributed by atoms with Gasteiger partial charge in [0.05, 0.1) is 0 Å². The minimum atomic E-state index is -0.128. The van der Waals surface area contributed by atoms with E-state index in [0.29, 0.717) is 5.92 Å². The van der Waals surface area contributed by atoms with Crippen molar-refractivity contribution >= 4 is 5.97 Å². The van der Waals surface area contributed by atoms with Crippen LogP contribution in [0.1, 0.15) is 60.3 Å². The molecule has 0 aromatic heterocycles. The van der Waals surface area contributed by atoms with Crippen molar-refractivity contribution in [1.82, 2.24) is 0 Å². The van der Waals surface area contributed by atoms with Crippen molar-refractivity contribution in [1.29, 1.82) is 0 Å². The molecule has 1 fully saturated rings. The standard InChI is InChI=1S/C14H26O2/c1-6-14(4,5)12-9-10(2)7-8-13(12)16-11(3)15/h10,12-13H,6-9H2,1-5H3. The average Bonchev–Trinajstić information content (AvgIpc) is 2.20. The van der Waals surface area contributed by atoms with Crippen LogP contribution in [0.25, 0.3) is 0 Å². The van der Waals surface area contributed by atoms with Gasteiger partial charge in [-0.25, -0.2) is 0 Å². The van der Waals surface area contributed by atoms with Crippen molar-refractivity contribution in [3.05, 3.63) is 0 Å². The Morgan fingerprint density at radius 3 is 2.50 bits per heavy atom. The van der Waals surface area contributed by atoms with Gasteiger partial charge in [-0.3, -0.25) is 4.79 Å². The van der Waals surface area contributed by atoms with Crippen LogP contribution in [0.3, 0.4) is 0 Å². The number of esters is 1. The molecule has 16 heavy (non-hydrogen) atoms. The molecule has 0 radical (unpaired) electrons. The Balaban J connectivity index is 2.76. The molecule has 2 nitrogen and oxygen atoms in total. The zero-order valence-corrected chi connectivity index (χ0v) is 11.4. The van der Waals surface area contributed by atoms with Crippen LogP contribution in [-0.4, -0.2) is 12.1 Å². The molecule has 0 aliphatic heterocycles. The molecular formula is C14H26O2. The van der Waals surface area contributed by atoms with Gasteiger partial charge in [0.1, 0.15) is 6.10 Å². The molecule has 3 unspecified atom stereocenters. The number of rotatable bonds is 3. The first-order chi connectivity index (χ1) is 7.36. The fraction of sp³-hybridized carbons (Fsp3) is 0.929. The van der Waals surface area contributed by atoms with Crippen LogP contribution in [0.2, 0.25) is 0 Å². The van der Waals surface area contributed by atoms with Crippen molar-refractivity contribution in [2.45, 2.75) is 66.4 Å². The number of hydrogen-bond acceptors (Lipinski definition) is 2. The van der Waals surface area contributed by atoms with E-state index in [1.807, 2.05) is 0 Å². The summed E-state index contributed by atoms with van der Waals surface area (Å²) in [5.74, 6) is 1.16. The van der Waals surface area contributed by atoms with Crippen molar-refractivity contribution in [2.24, 2.45) is 17.3 Å². The molecule has 1 saturated carbocycles. The van der Waals surface area contributed by atoms with Crippen molar-refractivity contribution in [3.8, 4) is 0 Å². The summed E-state index contributed by atoms with van der Waals surface area (Å²) in [5.41, 5.74) is 0.273. The summed E-state index contributed by atoms with van der Waals surface area (Å²) < 4.78 is 5.50. The molecule has 0 aromatic rings. The molecule has 0 aromatic carbocycles. The molecule has 2 heteroatoms. The minimum absolute atomic E-state index is 0.128. The Hall–Kier alpha value is -0.530. The monoisotopic (exact) mass is 226 g/mol. The normalized spacial score (nSPS) is 31.2. The van der Waals surface area contributed by atoms with Crippen molar-refractivity contribution in [3.63, 3.8) is 0 Å². The molecule has 1 aliphatic rings. The van der Waals surface area contributed by atoms with Crippen LogP contribution in [0.5, 0.6) is 0 Å². The lowest BCUT2D eigenvalue weighted by Gasteiger charge is -2.43. The van der Waals surface area contributed by atoms with Gasteiger partial charge in [-0.2, -0.15) is 0 Å². The summed E-state index contributed by atoms with van der Waals surface area (Å²) in [7, 11) is 0. The van der Waals surface area contributed by atoms with Crippen LogP contribution in [-0.2, 0) is 9.53 Å². The average molecular weight is 226 g/mol. The maximum atomic E-state index is 11.1. The molecule has 94 valence electrons. The van der Waals surface area contributed by atoms with Crippen LogP contribution in [0.4, 0.5) is 0 Å². The Labute approximate surface area is 99.8 Å². The Morgan fingerprint density at radius 2 is 2.00 bits per heavy atom. The van der Waals surface area contributed by atoms with E-state index in [9.17, 15) is 4.79 Å². The van der Waals surface area contributed by atoms with E-state index in [2.05, 4.69) is 27.7 Å². The maximum absolute atomic E-state index is 11.1. The third kappa shape index (κ3) is 3.23. The van der Waals surface area contributed by atoms with E-state index in [-0.39, 0.29) is 17.5 Å². The third-order valence-electron chi connectivity index (χ3n) is 4.28. The first-order valence-electron chi connectivity index (χ1n) is 6.54. The first-order valence-corrected chi connectivity index (χ1v) is 6.54. The Bertz CT molecular complexity index is 245. The molecule has 0 heterocycles. The van der Waals surface area contributed by atoms with Crippen LogP contribution >= 0.6 is 0 Å². The number of carbonyl (C=O) groups is 1. The highest BCUT2D eigenvalue weighted by Crippen LogP contribution is 2.43. The largest absolute Gasteiger partial charge is 0.462 e. The Morgan fingerprint density at radius 1 is 1.38 bits per heavy atom. The number of hydrogen-bond donors (Lipinski definition) is 0. The second-order valence-corrected chi connectivity index (χ2v) is 6.01. The van der Waals surface area contributed by atoms with Gasteiger partial charge in [-0.1, -0.05) is 34.1 Å². The predicted molar refractivity (Wildman–Crippen MR) is 66.1 cm³/mol. The van der Waals surface area contributed by atoms with Gasteiger partial charge < -0.3 is 4.74 Å².